The first-order chi connectivity index (χ1) is 14.4. The van der Waals surface area contributed by atoms with Crippen LogP contribution in [0.2, 0.25) is 0 Å². The first-order valence-electron chi connectivity index (χ1n) is 9.44. The molecular formula is C23H21N3O2S2. The summed E-state index contributed by atoms with van der Waals surface area (Å²) in [5, 5.41) is 11.4. The summed E-state index contributed by atoms with van der Waals surface area (Å²) in [6.45, 7) is 2.44. The van der Waals surface area contributed by atoms with Crippen LogP contribution in [0.1, 0.15) is 18.1 Å². The van der Waals surface area contributed by atoms with Crippen molar-refractivity contribution in [1.29, 1.82) is 5.26 Å². The normalized spacial score (nSPS) is 16.4. The number of hydrogen-bond acceptors (Lipinski definition) is 5. The van der Waals surface area contributed by atoms with Crippen molar-refractivity contribution in [1.82, 2.24) is 4.31 Å². The Balaban J connectivity index is 1.80. The van der Waals surface area contributed by atoms with Gasteiger partial charge < -0.3 is 4.90 Å². The smallest absolute Gasteiger partial charge is 0.234 e. The summed E-state index contributed by atoms with van der Waals surface area (Å²) in [5.41, 5.74) is 2.09. The molecule has 30 heavy (non-hydrogen) atoms. The Labute approximate surface area is 181 Å². The number of thioether (sulfide) groups is 1. The number of sulfonamides is 1. The number of nitrogens with zero attached hydrogens (tertiary/aromatic N) is 3. The molecule has 0 spiro atoms. The highest BCUT2D eigenvalue weighted by atomic mass is 32.2. The summed E-state index contributed by atoms with van der Waals surface area (Å²) in [7, 11) is -3.44. The van der Waals surface area contributed by atoms with Crippen molar-refractivity contribution in [2.75, 3.05) is 11.2 Å². The van der Waals surface area contributed by atoms with E-state index in [1.165, 1.54) is 22.3 Å². The van der Waals surface area contributed by atoms with Crippen molar-refractivity contribution in [2.45, 2.75) is 19.0 Å². The van der Waals surface area contributed by atoms with Crippen LogP contribution in [-0.2, 0) is 16.6 Å². The van der Waals surface area contributed by atoms with Gasteiger partial charge in [0.15, 0.2) is 5.50 Å². The van der Waals surface area contributed by atoms with E-state index in [-0.39, 0.29) is 0 Å². The van der Waals surface area contributed by atoms with E-state index in [9.17, 15) is 8.42 Å². The number of anilines is 1. The Morgan fingerprint density at radius 2 is 1.77 bits per heavy atom. The minimum absolute atomic E-state index is 0.438. The van der Waals surface area contributed by atoms with Gasteiger partial charge in [0.25, 0.3) is 0 Å². The zero-order valence-electron chi connectivity index (χ0n) is 16.7. The highest BCUT2D eigenvalue weighted by molar-refractivity contribution is 8.04. The molecule has 0 bridgehead atoms. The number of fused-ring (bicyclic) bond motifs is 1. The molecular weight excluding hydrogens is 414 g/mol. The molecule has 3 aromatic carbocycles. The first kappa shape index (κ1) is 20.3. The third-order valence-electron chi connectivity index (χ3n) is 5.02. The quantitative estimate of drug-likeness (QED) is 0.572. The molecule has 0 aliphatic carbocycles. The fourth-order valence-electron chi connectivity index (χ4n) is 3.59. The van der Waals surface area contributed by atoms with Crippen LogP contribution in [0.4, 0.5) is 5.69 Å². The summed E-state index contributed by atoms with van der Waals surface area (Å²) in [6, 6.07) is 23.7. The third kappa shape index (κ3) is 4.02. The maximum absolute atomic E-state index is 12.5. The molecule has 1 atom stereocenters. The van der Waals surface area contributed by atoms with Crippen molar-refractivity contribution in [2.24, 2.45) is 0 Å². The standard InChI is InChI=1S/C23H21N3O2S2/c1-17-15-26(30(2,27)28)23(29-17)25(21-12-10-18(14-24)11-13-21)16-20-8-5-7-19-6-3-4-9-22(19)20/h3-13,15,23H,16H2,1-2H3. The lowest BCUT2D eigenvalue weighted by Crippen LogP contribution is -2.44. The van der Waals surface area contributed by atoms with Crippen LogP contribution < -0.4 is 4.90 Å². The average Bonchev–Trinajstić information content (AvgIpc) is 3.14. The van der Waals surface area contributed by atoms with E-state index in [2.05, 4.69) is 35.2 Å². The van der Waals surface area contributed by atoms with E-state index >= 15 is 0 Å². The molecule has 1 unspecified atom stereocenters. The number of hydrogen-bond donors (Lipinski definition) is 0. The van der Waals surface area contributed by atoms with Crippen LogP contribution in [0, 0.1) is 11.3 Å². The topological polar surface area (TPSA) is 64.4 Å². The molecule has 0 aromatic heterocycles. The second kappa shape index (κ2) is 8.05. The monoisotopic (exact) mass is 435 g/mol. The SMILES string of the molecule is CC1=CN(S(C)(=O)=O)C(N(Cc2cccc3ccccc23)c2ccc(C#N)cc2)S1. The zero-order valence-corrected chi connectivity index (χ0v) is 18.3. The molecule has 5 nitrogen and oxygen atoms in total. The van der Waals surface area contributed by atoms with Crippen molar-refractivity contribution in [3.8, 4) is 6.07 Å². The number of nitriles is 1. The Kier molecular flexibility index (Phi) is 5.46. The Morgan fingerprint density at radius 1 is 1.07 bits per heavy atom. The molecule has 0 radical (unpaired) electrons. The van der Waals surface area contributed by atoms with Crippen LogP contribution in [0.15, 0.2) is 77.8 Å². The lowest BCUT2D eigenvalue weighted by Gasteiger charge is -2.36. The molecule has 0 N–H and O–H groups in total. The lowest BCUT2D eigenvalue weighted by molar-refractivity contribution is 0.475. The lowest BCUT2D eigenvalue weighted by atomic mass is 10.0. The summed E-state index contributed by atoms with van der Waals surface area (Å²) >= 11 is 1.51. The van der Waals surface area contributed by atoms with Gasteiger partial charge >= 0.3 is 0 Å². The summed E-state index contributed by atoms with van der Waals surface area (Å²) in [6.07, 6.45) is 2.91. The zero-order chi connectivity index (χ0) is 21.3. The average molecular weight is 436 g/mol. The van der Waals surface area contributed by atoms with Crippen LogP contribution in [0.5, 0.6) is 0 Å². The van der Waals surface area contributed by atoms with Crippen LogP contribution in [0.25, 0.3) is 10.8 Å². The number of allylic oxidation sites excluding steroid dienone is 1. The van der Waals surface area contributed by atoms with Gasteiger partial charge in [0.1, 0.15) is 0 Å². The van der Waals surface area contributed by atoms with Crippen LogP contribution in [-0.4, -0.2) is 24.5 Å². The fraction of sp³-hybridized carbons (Fsp3) is 0.174. The van der Waals surface area contributed by atoms with Gasteiger partial charge in [-0.2, -0.15) is 5.26 Å². The molecule has 0 amide bonds. The van der Waals surface area contributed by atoms with Crippen LogP contribution in [0.3, 0.4) is 0 Å². The maximum Gasteiger partial charge on any atom is 0.234 e. The Hall–Kier alpha value is -2.95. The van der Waals surface area contributed by atoms with Crippen molar-refractivity contribution < 1.29 is 8.42 Å². The third-order valence-corrected chi connectivity index (χ3v) is 7.39. The van der Waals surface area contributed by atoms with E-state index in [4.69, 9.17) is 5.26 Å². The van der Waals surface area contributed by atoms with E-state index in [1.54, 1.807) is 18.3 Å². The first-order valence-corrected chi connectivity index (χ1v) is 12.2. The Morgan fingerprint density at radius 3 is 2.47 bits per heavy atom. The molecule has 4 rings (SSSR count). The van der Waals surface area contributed by atoms with Gasteiger partial charge in [0, 0.05) is 23.3 Å². The molecule has 0 saturated heterocycles. The molecule has 0 fully saturated rings. The Bertz CT molecular complexity index is 1260. The van der Waals surface area contributed by atoms with Gasteiger partial charge in [-0.15, -0.1) is 0 Å². The fourth-order valence-corrected chi connectivity index (χ4v) is 6.04. The predicted molar refractivity (Wildman–Crippen MR) is 123 cm³/mol. The molecule has 3 aromatic rings. The summed E-state index contributed by atoms with van der Waals surface area (Å²) < 4.78 is 26.4. The van der Waals surface area contributed by atoms with Gasteiger partial charge in [-0.05, 0) is 47.5 Å². The predicted octanol–water partition coefficient (Wildman–Crippen LogP) is 4.87. The number of rotatable bonds is 5. The van der Waals surface area contributed by atoms with Gasteiger partial charge in [0.2, 0.25) is 10.0 Å². The molecule has 1 aliphatic heterocycles. The molecule has 152 valence electrons. The molecule has 1 aliphatic rings. The molecule has 0 saturated carbocycles. The van der Waals surface area contributed by atoms with Crippen molar-refractivity contribution >= 4 is 38.2 Å². The minimum Gasteiger partial charge on any atom is -0.337 e. The second-order valence-electron chi connectivity index (χ2n) is 7.20. The van der Waals surface area contributed by atoms with Crippen molar-refractivity contribution in [3.05, 3.63) is 89.0 Å². The largest absolute Gasteiger partial charge is 0.337 e. The van der Waals surface area contributed by atoms with Gasteiger partial charge in [-0.1, -0.05) is 54.2 Å². The number of benzene rings is 3. The highest BCUT2D eigenvalue weighted by Crippen LogP contribution is 2.39. The molecule has 1 heterocycles. The summed E-state index contributed by atoms with van der Waals surface area (Å²) in [4.78, 5) is 3.00. The van der Waals surface area contributed by atoms with Gasteiger partial charge in [0.05, 0.1) is 17.9 Å². The van der Waals surface area contributed by atoms with Gasteiger partial charge in [-0.3, -0.25) is 0 Å². The van der Waals surface area contributed by atoms with E-state index < -0.39 is 15.5 Å². The maximum atomic E-state index is 12.5. The van der Waals surface area contributed by atoms with E-state index in [0.29, 0.717) is 12.1 Å². The van der Waals surface area contributed by atoms with E-state index in [0.717, 1.165) is 26.9 Å². The van der Waals surface area contributed by atoms with Crippen LogP contribution >= 0.6 is 11.8 Å². The minimum atomic E-state index is -3.44. The van der Waals surface area contributed by atoms with E-state index in [1.807, 2.05) is 37.3 Å². The second-order valence-corrected chi connectivity index (χ2v) is 10.4. The van der Waals surface area contributed by atoms with Gasteiger partial charge in [-0.25, -0.2) is 12.7 Å². The van der Waals surface area contributed by atoms with Crippen molar-refractivity contribution in [3.63, 3.8) is 0 Å². The summed E-state index contributed by atoms with van der Waals surface area (Å²) in [5.74, 6) is 0. The highest BCUT2D eigenvalue weighted by Gasteiger charge is 2.35. The molecule has 7 heteroatoms.